The molecule has 0 bridgehead atoms. The highest BCUT2D eigenvalue weighted by Gasteiger charge is 2.29. The zero-order valence-corrected chi connectivity index (χ0v) is 22.3. The summed E-state index contributed by atoms with van der Waals surface area (Å²) in [6.45, 7) is 3.30. The summed E-state index contributed by atoms with van der Waals surface area (Å²) in [5.74, 6) is 0.737. The van der Waals surface area contributed by atoms with E-state index in [2.05, 4.69) is 15.3 Å². The molecule has 0 spiro atoms. The fourth-order valence-corrected chi connectivity index (χ4v) is 4.69. The molecule has 2 aliphatic heterocycles. The highest BCUT2D eigenvalue weighted by Crippen LogP contribution is 2.29. The number of nitrogens with zero attached hydrogens (tertiary/aromatic N) is 5. The van der Waals surface area contributed by atoms with E-state index in [0.717, 1.165) is 12.0 Å². The number of nitriles is 1. The summed E-state index contributed by atoms with van der Waals surface area (Å²) in [5, 5.41) is 12.1. The monoisotopic (exact) mass is 536 g/mol. The smallest absolute Gasteiger partial charge is 0.328 e. The molecule has 39 heavy (non-hydrogen) atoms. The second-order valence-electron chi connectivity index (χ2n) is 9.58. The molecule has 0 saturated carbocycles. The van der Waals surface area contributed by atoms with Crippen LogP contribution in [0.1, 0.15) is 53.4 Å². The maximum atomic E-state index is 13.3. The molecular weight excluding hydrogens is 504 g/mol. The molecule has 3 amide bonds. The largest absolute Gasteiger partial charge is 0.487 e. The van der Waals surface area contributed by atoms with Crippen LogP contribution in [-0.4, -0.2) is 79.2 Å². The zero-order chi connectivity index (χ0) is 27.9. The molecule has 12 nitrogen and oxygen atoms in total. The van der Waals surface area contributed by atoms with E-state index in [4.69, 9.17) is 14.2 Å². The van der Waals surface area contributed by atoms with Crippen molar-refractivity contribution < 1.29 is 28.6 Å². The Morgan fingerprint density at radius 3 is 2.90 bits per heavy atom. The average molecular weight is 537 g/mol. The normalized spacial score (nSPS) is 17.1. The van der Waals surface area contributed by atoms with Crippen molar-refractivity contribution in [3.63, 3.8) is 0 Å². The van der Waals surface area contributed by atoms with Crippen LogP contribution in [0.5, 0.6) is 5.75 Å². The summed E-state index contributed by atoms with van der Waals surface area (Å²) in [6.07, 6.45) is 4.09. The van der Waals surface area contributed by atoms with Gasteiger partial charge in [0.15, 0.2) is 6.29 Å². The lowest BCUT2D eigenvalue weighted by Crippen LogP contribution is -2.40. The van der Waals surface area contributed by atoms with Crippen molar-refractivity contribution in [1.82, 2.24) is 14.9 Å². The van der Waals surface area contributed by atoms with E-state index in [9.17, 15) is 19.6 Å². The lowest BCUT2D eigenvalue weighted by atomic mass is 10.0. The van der Waals surface area contributed by atoms with Crippen LogP contribution < -0.4 is 15.0 Å². The van der Waals surface area contributed by atoms with Crippen LogP contribution in [-0.2, 0) is 27.2 Å². The summed E-state index contributed by atoms with van der Waals surface area (Å²) >= 11 is 0. The Hall–Kier alpha value is -4.08. The molecule has 4 heterocycles. The molecule has 2 unspecified atom stereocenters. The first-order valence-electron chi connectivity index (χ1n) is 12.8. The van der Waals surface area contributed by atoms with Crippen LogP contribution in [0.25, 0.3) is 0 Å². The summed E-state index contributed by atoms with van der Waals surface area (Å²) in [4.78, 5) is 49.6. The summed E-state index contributed by atoms with van der Waals surface area (Å²) in [7, 11) is 3.23. The minimum atomic E-state index is -0.480. The molecule has 1 N–H and O–H groups in total. The van der Waals surface area contributed by atoms with E-state index < -0.39 is 12.1 Å². The molecule has 2 aliphatic rings. The van der Waals surface area contributed by atoms with Crippen LogP contribution in [0.15, 0.2) is 18.3 Å². The summed E-state index contributed by atoms with van der Waals surface area (Å²) < 4.78 is 16.4. The van der Waals surface area contributed by atoms with Gasteiger partial charge in [-0.05, 0) is 44.2 Å². The van der Waals surface area contributed by atoms with Gasteiger partial charge in [-0.3, -0.25) is 19.8 Å². The van der Waals surface area contributed by atoms with E-state index in [1.54, 1.807) is 26.0 Å². The van der Waals surface area contributed by atoms with Crippen molar-refractivity contribution in [1.29, 1.82) is 5.26 Å². The third-order valence-electron chi connectivity index (χ3n) is 6.57. The number of carbonyl (C=O) groups is 3. The maximum absolute atomic E-state index is 13.3. The molecule has 0 aliphatic carbocycles. The van der Waals surface area contributed by atoms with Gasteiger partial charge in [-0.25, -0.2) is 14.8 Å². The third-order valence-corrected chi connectivity index (χ3v) is 6.57. The predicted octanol–water partition coefficient (Wildman–Crippen LogP) is 2.70. The molecule has 1 saturated heterocycles. The standard InChI is InChI=1S/C27H32N6O6/c1-17(16-37-3)39-23-11-24(29-13-20(23)12-28)31-27(36)33-8-4-6-18-10-19(21(15-34)30-25(18)33)14-32(2)26(35)22-7-5-9-38-22/h10-11,13,15,17,22H,4-9,14,16H2,1-3H3,(H,29,31,36). The number of rotatable bonds is 9. The number of aryl methyl sites for hydroxylation is 1. The lowest BCUT2D eigenvalue weighted by Gasteiger charge is -2.29. The van der Waals surface area contributed by atoms with Crippen molar-refractivity contribution >= 4 is 29.9 Å². The van der Waals surface area contributed by atoms with Crippen molar-refractivity contribution in [3.8, 4) is 11.8 Å². The molecule has 2 atom stereocenters. The lowest BCUT2D eigenvalue weighted by molar-refractivity contribution is -0.140. The fourth-order valence-electron chi connectivity index (χ4n) is 4.69. The molecule has 206 valence electrons. The number of aldehydes is 1. The van der Waals surface area contributed by atoms with Crippen LogP contribution in [0, 0.1) is 11.3 Å². The minimum absolute atomic E-state index is 0.127. The van der Waals surface area contributed by atoms with Crippen LogP contribution >= 0.6 is 0 Å². The van der Waals surface area contributed by atoms with Gasteiger partial charge in [0.1, 0.15) is 46.9 Å². The number of ether oxygens (including phenoxy) is 3. The van der Waals surface area contributed by atoms with Gasteiger partial charge in [0, 0.05) is 45.5 Å². The number of likely N-dealkylation sites (N-methyl/N-ethyl adjacent to an activating group) is 1. The highest BCUT2D eigenvalue weighted by atomic mass is 16.5. The first kappa shape index (κ1) is 27.9. The van der Waals surface area contributed by atoms with Gasteiger partial charge < -0.3 is 19.1 Å². The molecule has 1 fully saturated rings. The molecule has 2 aromatic rings. The molecule has 2 aromatic heterocycles. The van der Waals surface area contributed by atoms with Crippen LogP contribution in [0.2, 0.25) is 0 Å². The van der Waals surface area contributed by atoms with Crippen molar-refractivity contribution in [3.05, 3.63) is 40.7 Å². The quantitative estimate of drug-likeness (QED) is 0.478. The summed E-state index contributed by atoms with van der Waals surface area (Å²) in [6, 6.07) is 4.88. The van der Waals surface area contributed by atoms with Crippen molar-refractivity contribution in [2.75, 3.05) is 44.1 Å². The molecule has 4 rings (SSSR count). The number of amides is 3. The van der Waals surface area contributed by atoms with E-state index in [1.165, 1.54) is 17.2 Å². The number of fused-ring (bicyclic) bond motifs is 1. The Balaban J connectivity index is 1.52. The maximum Gasteiger partial charge on any atom is 0.328 e. The second-order valence-corrected chi connectivity index (χ2v) is 9.58. The number of anilines is 2. The number of methoxy groups -OCH3 is 1. The van der Waals surface area contributed by atoms with Gasteiger partial charge in [-0.15, -0.1) is 0 Å². The Morgan fingerprint density at radius 1 is 1.38 bits per heavy atom. The first-order chi connectivity index (χ1) is 18.8. The van der Waals surface area contributed by atoms with E-state index >= 15 is 0 Å². The van der Waals surface area contributed by atoms with Crippen LogP contribution in [0.4, 0.5) is 16.4 Å². The van der Waals surface area contributed by atoms with Crippen molar-refractivity contribution in [2.45, 2.75) is 51.4 Å². The predicted molar refractivity (Wildman–Crippen MR) is 141 cm³/mol. The van der Waals surface area contributed by atoms with Gasteiger partial charge in [0.05, 0.1) is 12.8 Å². The summed E-state index contributed by atoms with van der Waals surface area (Å²) in [5.41, 5.74) is 1.81. The average Bonchev–Trinajstić information content (AvgIpc) is 3.47. The zero-order valence-electron chi connectivity index (χ0n) is 22.3. The number of aromatic nitrogens is 2. The van der Waals surface area contributed by atoms with E-state index in [1.807, 2.05) is 12.1 Å². The molecule has 0 aromatic carbocycles. The topological polar surface area (TPSA) is 147 Å². The molecule has 12 heteroatoms. The van der Waals surface area contributed by atoms with E-state index in [-0.39, 0.29) is 41.4 Å². The van der Waals surface area contributed by atoms with Crippen LogP contribution in [0.3, 0.4) is 0 Å². The SMILES string of the molecule is COCC(C)Oc1cc(NC(=O)N2CCCc3cc(CN(C)C(=O)C4CCCO4)c(C=O)nc32)ncc1C#N. The third kappa shape index (κ3) is 6.50. The number of carbonyl (C=O) groups excluding carboxylic acids is 3. The van der Waals surface area contributed by atoms with Gasteiger partial charge in [0.25, 0.3) is 5.91 Å². The Labute approximate surface area is 226 Å². The van der Waals surface area contributed by atoms with Crippen molar-refractivity contribution in [2.24, 2.45) is 0 Å². The van der Waals surface area contributed by atoms with Gasteiger partial charge >= 0.3 is 6.03 Å². The van der Waals surface area contributed by atoms with E-state index in [0.29, 0.717) is 56.7 Å². The Bertz CT molecular complexity index is 1270. The number of urea groups is 1. The molecular formula is C27H32N6O6. The minimum Gasteiger partial charge on any atom is -0.487 e. The number of pyridine rings is 2. The first-order valence-corrected chi connectivity index (χ1v) is 12.8. The number of nitrogens with one attached hydrogen (secondary N) is 1. The Kier molecular flexibility index (Phi) is 9.06. The second kappa shape index (κ2) is 12.6. The number of hydrogen-bond donors (Lipinski definition) is 1. The molecule has 0 radical (unpaired) electrons. The van der Waals surface area contributed by atoms with Gasteiger partial charge in [-0.2, -0.15) is 5.26 Å². The fraction of sp³-hybridized carbons (Fsp3) is 0.481. The van der Waals surface area contributed by atoms with Gasteiger partial charge in [0.2, 0.25) is 0 Å². The van der Waals surface area contributed by atoms with Gasteiger partial charge in [-0.1, -0.05) is 0 Å². The Morgan fingerprint density at radius 2 is 2.21 bits per heavy atom. The number of hydrogen-bond acceptors (Lipinski definition) is 9. The highest BCUT2D eigenvalue weighted by molar-refractivity contribution is 6.01.